The Kier molecular flexibility index (Phi) is 8.23. The molecule has 216 valence electrons. The van der Waals surface area contributed by atoms with E-state index >= 15 is 0 Å². The molecule has 5 rings (SSSR count). The van der Waals surface area contributed by atoms with E-state index in [1.54, 1.807) is 4.90 Å². The minimum Gasteiger partial charge on any atom is -0.491 e. The molecule has 1 aromatic heterocycles. The molecule has 4 aromatic rings. The Morgan fingerprint density at radius 2 is 1.64 bits per heavy atom. The molecule has 2 heterocycles. The molecule has 0 saturated heterocycles. The van der Waals surface area contributed by atoms with Gasteiger partial charge in [0.2, 0.25) is 0 Å². The zero-order valence-corrected chi connectivity index (χ0v) is 26.5. The first-order chi connectivity index (χ1) is 19.9. The molecule has 0 saturated carbocycles. The van der Waals surface area contributed by atoms with Gasteiger partial charge in [-0.3, -0.25) is 4.79 Å². The molecular formula is C34H35ClN2O4Si. The number of aromatic amines is 1. The fraction of sp³-hybridized carbons (Fsp3) is 0.294. The van der Waals surface area contributed by atoms with Gasteiger partial charge in [0.05, 0.1) is 19.3 Å². The SMILES string of the molecule is COC(=O)C1Cc2c([nH]c3ccc(Cl)cc23)C(c2ccc(-c3ccc(OC(C)C)cc3)cc2)N1C(=O)C#C[Si](C)(C)C. The maximum atomic E-state index is 13.9. The summed E-state index contributed by atoms with van der Waals surface area (Å²) < 4.78 is 11.0. The van der Waals surface area contributed by atoms with Crippen molar-refractivity contribution in [3.8, 4) is 28.3 Å². The van der Waals surface area contributed by atoms with Crippen LogP contribution in [0.5, 0.6) is 5.75 Å². The first-order valence-electron chi connectivity index (χ1n) is 14.1. The third-order valence-corrected chi connectivity index (χ3v) is 8.33. The number of hydrogen-bond donors (Lipinski definition) is 1. The third kappa shape index (κ3) is 6.11. The van der Waals surface area contributed by atoms with Gasteiger partial charge in [-0.15, -0.1) is 5.54 Å². The van der Waals surface area contributed by atoms with Crippen LogP contribution in [0.2, 0.25) is 24.7 Å². The molecular weight excluding hydrogens is 564 g/mol. The number of benzene rings is 3. The van der Waals surface area contributed by atoms with Crippen molar-refractivity contribution in [2.24, 2.45) is 0 Å². The highest BCUT2D eigenvalue weighted by molar-refractivity contribution is 6.84. The van der Waals surface area contributed by atoms with Gasteiger partial charge in [-0.25, -0.2) is 4.79 Å². The van der Waals surface area contributed by atoms with Gasteiger partial charge in [-0.2, -0.15) is 0 Å². The lowest BCUT2D eigenvalue weighted by molar-refractivity contribution is -0.153. The number of carbonyl (C=O) groups excluding carboxylic acids is 2. The Labute approximate surface area is 253 Å². The van der Waals surface area contributed by atoms with Crippen molar-refractivity contribution in [1.82, 2.24) is 9.88 Å². The summed E-state index contributed by atoms with van der Waals surface area (Å²) in [4.78, 5) is 32.2. The van der Waals surface area contributed by atoms with Crippen LogP contribution in [0.15, 0.2) is 66.7 Å². The van der Waals surface area contributed by atoms with Gasteiger partial charge in [0, 0.05) is 28.0 Å². The highest BCUT2D eigenvalue weighted by Gasteiger charge is 2.44. The van der Waals surface area contributed by atoms with Crippen LogP contribution < -0.4 is 4.74 Å². The number of ether oxygens (including phenoxy) is 2. The normalized spacial score (nSPS) is 16.5. The topological polar surface area (TPSA) is 71.6 Å². The number of H-pyrrole nitrogens is 1. The number of hydrogen-bond acceptors (Lipinski definition) is 4. The average Bonchev–Trinajstić information content (AvgIpc) is 3.31. The smallest absolute Gasteiger partial charge is 0.328 e. The molecule has 6 nitrogen and oxygen atoms in total. The summed E-state index contributed by atoms with van der Waals surface area (Å²) in [7, 11) is -0.512. The van der Waals surface area contributed by atoms with E-state index in [1.807, 2.05) is 80.6 Å². The number of fused-ring (bicyclic) bond motifs is 3. The fourth-order valence-corrected chi connectivity index (χ4v) is 6.04. The molecule has 0 aliphatic carbocycles. The van der Waals surface area contributed by atoms with Gasteiger partial charge in [-0.05, 0) is 72.4 Å². The molecule has 1 N–H and O–H groups in total. The number of nitrogens with zero attached hydrogens (tertiary/aromatic N) is 1. The van der Waals surface area contributed by atoms with Crippen LogP contribution >= 0.6 is 11.6 Å². The number of esters is 1. The van der Waals surface area contributed by atoms with Gasteiger partial charge in [0.15, 0.2) is 0 Å². The Balaban J connectivity index is 1.63. The molecule has 1 amide bonds. The zero-order valence-electron chi connectivity index (χ0n) is 24.7. The largest absolute Gasteiger partial charge is 0.491 e. The van der Waals surface area contributed by atoms with Crippen LogP contribution in [0.4, 0.5) is 0 Å². The molecule has 1 aliphatic heterocycles. The van der Waals surface area contributed by atoms with Crippen LogP contribution in [0.25, 0.3) is 22.0 Å². The maximum absolute atomic E-state index is 13.9. The third-order valence-electron chi connectivity index (χ3n) is 7.22. The van der Waals surface area contributed by atoms with Gasteiger partial charge < -0.3 is 19.4 Å². The Morgan fingerprint density at radius 1 is 1.00 bits per heavy atom. The van der Waals surface area contributed by atoms with Crippen LogP contribution in [0.3, 0.4) is 0 Å². The van der Waals surface area contributed by atoms with Crippen LogP contribution in [0.1, 0.15) is 36.7 Å². The maximum Gasteiger partial charge on any atom is 0.328 e. The van der Waals surface area contributed by atoms with E-state index in [1.165, 1.54) is 7.11 Å². The second-order valence-electron chi connectivity index (χ2n) is 11.9. The van der Waals surface area contributed by atoms with Crippen molar-refractivity contribution >= 4 is 42.5 Å². The lowest BCUT2D eigenvalue weighted by Crippen LogP contribution is -2.51. The van der Waals surface area contributed by atoms with E-state index in [9.17, 15) is 9.59 Å². The second-order valence-corrected chi connectivity index (χ2v) is 17.1. The summed E-state index contributed by atoms with van der Waals surface area (Å²) in [6.07, 6.45) is 0.397. The van der Waals surface area contributed by atoms with Gasteiger partial charge in [-0.1, -0.05) is 67.6 Å². The van der Waals surface area contributed by atoms with E-state index in [4.69, 9.17) is 21.1 Å². The molecule has 8 heteroatoms. The highest BCUT2D eigenvalue weighted by atomic mass is 35.5. The number of aromatic nitrogens is 1. The van der Waals surface area contributed by atoms with E-state index in [0.29, 0.717) is 11.4 Å². The Morgan fingerprint density at radius 3 is 2.24 bits per heavy atom. The van der Waals surface area contributed by atoms with E-state index < -0.39 is 32.0 Å². The van der Waals surface area contributed by atoms with E-state index in [0.717, 1.165) is 44.6 Å². The van der Waals surface area contributed by atoms with Crippen molar-refractivity contribution in [3.63, 3.8) is 0 Å². The lowest BCUT2D eigenvalue weighted by Gasteiger charge is -2.40. The predicted molar refractivity (Wildman–Crippen MR) is 170 cm³/mol. The Hall–Kier alpha value is -3.99. The van der Waals surface area contributed by atoms with Gasteiger partial charge in [0.1, 0.15) is 19.9 Å². The van der Waals surface area contributed by atoms with Gasteiger partial charge in [0.25, 0.3) is 5.91 Å². The molecule has 0 spiro atoms. The summed E-state index contributed by atoms with van der Waals surface area (Å²) in [5.74, 6) is 2.82. The number of amides is 1. The molecule has 0 radical (unpaired) electrons. The molecule has 0 fully saturated rings. The molecule has 0 bridgehead atoms. The number of rotatable bonds is 5. The highest BCUT2D eigenvalue weighted by Crippen LogP contribution is 2.42. The standard InChI is InChI=1S/C34H35ClN2O4Si/c1-21(2)41-26-14-11-23(12-15-26)22-7-9-24(10-8-22)33-32-28(27-19-25(35)13-16-29(27)36-32)20-30(34(39)40-3)37(33)31(38)17-18-42(4,5)6/h7-16,19,21,30,33,36H,20H2,1-6H3. The summed E-state index contributed by atoms with van der Waals surface area (Å²) in [5, 5.41) is 1.53. The van der Waals surface area contributed by atoms with Crippen LogP contribution in [-0.2, 0) is 20.7 Å². The number of halogens is 1. The molecule has 1 aliphatic rings. The average molecular weight is 599 g/mol. The minimum atomic E-state index is -1.86. The first kappa shape index (κ1) is 29.5. The molecule has 3 aromatic carbocycles. The van der Waals surface area contributed by atoms with Crippen molar-refractivity contribution in [2.45, 2.75) is 58.1 Å². The summed E-state index contributed by atoms with van der Waals surface area (Å²) in [6.45, 7) is 10.2. The molecule has 42 heavy (non-hydrogen) atoms. The molecule has 2 unspecified atom stereocenters. The Bertz CT molecular complexity index is 1690. The summed E-state index contributed by atoms with van der Waals surface area (Å²) in [6, 6.07) is 20.3. The number of nitrogens with one attached hydrogen (secondary N) is 1. The quantitative estimate of drug-likeness (QED) is 0.150. The van der Waals surface area contributed by atoms with E-state index in [-0.39, 0.29) is 6.10 Å². The fourth-order valence-electron chi connectivity index (χ4n) is 5.39. The lowest BCUT2D eigenvalue weighted by atomic mass is 9.87. The van der Waals surface area contributed by atoms with Crippen molar-refractivity contribution in [2.75, 3.05) is 7.11 Å². The molecule has 2 atom stereocenters. The predicted octanol–water partition coefficient (Wildman–Crippen LogP) is 7.17. The first-order valence-corrected chi connectivity index (χ1v) is 17.9. The summed E-state index contributed by atoms with van der Waals surface area (Å²) in [5.41, 5.74) is 8.78. The zero-order chi connectivity index (χ0) is 30.2. The second kappa shape index (κ2) is 11.7. The number of methoxy groups -OCH3 is 1. The summed E-state index contributed by atoms with van der Waals surface area (Å²) >= 11 is 6.38. The minimum absolute atomic E-state index is 0.103. The van der Waals surface area contributed by atoms with E-state index in [2.05, 4.69) is 36.1 Å². The number of carbonyl (C=O) groups is 2. The van der Waals surface area contributed by atoms with Crippen molar-refractivity contribution in [1.29, 1.82) is 0 Å². The van der Waals surface area contributed by atoms with Crippen LogP contribution in [-0.4, -0.2) is 49.1 Å². The van der Waals surface area contributed by atoms with Crippen molar-refractivity contribution < 1.29 is 19.1 Å². The van der Waals surface area contributed by atoms with Gasteiger partial charge >= 0.3 is 5.97 Å². The van der Waals surface area contributed by atoms with Crippen LogP contribution in [0, 0.1) is 11.5 Å². The monoisotopic (exact) mass is 598 g/mol. The van der Waals surface area contributed by atoms with Crippen molar-refractivity contribution in [3.05, 3.63) is 88.6 Å².